The van der Waals surface area contributed by atoms with Crippen molar-refractivity contribution in [2.45, 2.75) is 32.4 Å². The van der Waals surface area contributed by atoms with E-state index in [2.05, 4.69) is 31.2 Å². The van der Waals surface area contributed by atoms with Crippen LogP contribution in [0.3, 0.4) is 0 Å². The number of nitrogens with zero attached hydrogens (tertiary/aromatic N) is 3. The number of anilines is 1. The van der Waals surface area contributed by atoms with E-state index in [1.165, 1.54) is 4.68 Å². The van der Waals surface area contributed by atoms with Crippen LogP contribution < -0.4 is 15.8 Å². The molecule has 0 aromatic carbocycles. The Kier molecular flexibility index (Phi) is 4.40. The van der Waals surface area contributed by atoms with Gasteiger partial charge in [0.1, 0.15) is 4.47 Å². The molecular formula is C12H19BrN4O. The van der Waals surface area contributed by atoms with Gasteiger partial charge in [0.25, 0.3) is 5.56 Å². The van der Waals surface area contributed by atoms with Crippen LogP contribution in [0, 0.1) is 0 Å². The zero-order valence-corrected chi connectivity index (χ0v) is 12.4. The maximum Gasteiger partial charge on any atom is 0.283 e. The lowest BCUT2D eigenvalue weighted by Crippen LogP contribution is -2.35. The molecule has 2 heterocycles. The zero-order chi connectivity index (χ0) is 13.1. The van der Waals surface area contributed by atoms with Crippen LogP contribution in [0.25, 0.3) is 0 Å². The molecule has 1 aromatic heterocycles. The predicted molar refractivity (Wildman–Crippen MR) is 76.2 cm³/mol. The van der Waals surface area contributed by atoms with E-state index in [4.69, 9.17) is 0 Å². The van der Waals surface area contributed by atoms with E-state index in [1.54, 1.807) is 6.20 Å². The maximum absolute atomic E-state index is 12.1. The summed E-state index contributed by atoms with van der Waals surface area (Å²) in [5, 5.41) is 7.56. The topological polar surface area (TPSA) is 50.2 Å². The van der Waals surface area contributed by atoms with Crippen LogP contribution in [0.15, 0.2) is 15.5 Å². The van der Waals surface area contributed by atoms with Crippen molar-refractivity contribution < 1.29 is 0 Å². The molecule has 1 N–H and O–H groups in total. The number of aryl methyl sites for hydroxylation is 1. The summed E-state index contributed by atoms with van der Waals surface area (Å²) in [4.78, 5) is 14.2. The van der Waals surface area contributed by atoms with E-state index in [0.717, 1.165) is 31.6 Å². The van der Waals surface area contributed by atoms with Crippen LogP contribution in [0.5, 0.6) is 0 Å². The van der Waals surface area contributed by atoms with Crippen molar-refractivity contribution in [1.29, 1.82) is 0 Å². The van der Waals surface area contributed by atoms with E-state index in [-0.39, 0.29) is 5.56 Å². The molecule has 1 atom stereocenters. The third kappa shape index (κ3) is 2.59. The van der Waals surface area contributed by atoms with E-state index in [0.29, 0.717) is 17.1 Å². The quantitative estimate of drug-likeness (QED) is 0.907. The van der Waals surface area contributed by atoms with Gasteiger partial charge in [0.15, 0.2) is 0 Å². The fraction of sp³-hybridized carbons (Fsp3) is 0.667. The van der Waals surface area contributed by atoms with Crippen LogP contribution in [0.4, 0.5) is 5.69 Å². The first kappa shape index (κ1) is 13.5. The van der Waals surface area contributed by atoms with Gasteiger partial charge in [0.2, 0.25) is 0 Å². The van der Waals surface area contributed by atoms with Gasteiger partial charge in [-0.25, -0.2) is 4.68 Å². The Morgan fingerprint density at radius 1 is 1.67 bits per heavy atom. The van der Waals surface area contributed by atoms with Crippen molar-refractivity contribution >= 4 is 21.6 Å². The standard InChI is InChI=1S/C12H19BrN4O/c1-3-6-17-12(18)11(13)10(8-15-17)16(2)9-4-5-14-7-9/h8-9,14H,3-7H2,1-2H3. The number of hydrogen-bond acceptors (Lipinski definition) is 4. The highest BCUT2D eigenvalue weighted by Crippen LogP contribution is 2.23. The third-order valence-electron chi connectivity index (χ3n) is 3.36. The molecule has 18 heavy (non-hydrogen) atoms. The number of nitrogens with one attached hydrogen (secondary N) is 1. The molecule has 5 nitrogen and oxygen atoms in total. The van der Waals surface area contributed by atoms with Gasteiger partial charge in [-0.2, -0.15) is 5.10 Å². The molecule has 1 aliphatic heterocycles. The van der Waals surface area contributed by atoms with Gasteiger partial charge in [-0.05, 0) is 35.3 Å². The van der Waals surface area contributed by atoms with Crippen molar-refractivity contribution in [1.82, 2.24) is 15.1 Å². The van der Waals surface area contributed by atoms with E-state index in [1.807, 2.05) is 14.0 Å². The second-order valence-corrected chi connectivity index (χ2v) is 5.42. The summed E-state index contributed by atoms with van der Waals surface area (Å²) in [7, 11) is 2.02. The van der Waals surface area contributed by atoms with Crippen LogP contribution >= 0.6 is 15.9 Å². The van der Waals surface area contributed by atoms with E-state index in [9.17, 15) is 4.79 Å². The second kappa shape index (κ2) is 5.84. The first-order chi connectivity index (χ1) is 8.65. The number of halogens is 1. The normalized spacial score (nSPS) is 19.2. The molecule has 0 amide bonds. The minimum absolute atomic E-state index is 0.0489. The first-order valence-electron chi connectivity index (χ1n) is 6.34. The molecule has 1 saturated heterocycles. The summed E-state index contributed by atoms with van der Waals surface area (Å²) in [5.41, 5.74) is 0.827. The predicted octanol–water partition coefficient (Wildman–Crippen LogP) is 1.21. The van der Waals surface area contributed by atoms with Crippen molar-refractivity contribution in [2.24, 2.45) is 0 Å². The minimum atomic E-state index is -0.0489. The second-order valence-electron chi connectivity index (χ2n) is 4.63. The summed E-state index contributed by atoms with van der Waals surface area (Å²) < 4.78 is 2.12. The lowest BCUT2D eigenvalue weighted by atomic mass is 10.2. The van der Waals surface area contributed by atoms with Crippen LogP contribution in [0.1, 0.15) is 19.8 Å². The third-order valence-corrected chi connectivity index (χ3v) is 4.11. The fourth-order valence-electron chi connectivity index (χ4n) is 2.24. The molecule has 2 rings (SSSR count). The molecular weight excluding hydrogens is 296 g/mol. The van der Waals surface area contributed by atoms with Gasteiger partial charge >= 0.3 is 0 Å². The summed E-state index contributed by atoms with van der Waals surface area (Å²) in [6, 6.07) is 0.435. The minimum Gasteiger partial charge on any atom is -0.368 e. The number of hydrogen-bond donors (Lipinski definition) is 1. The van der Waals surface area contributed by atoms with Crippen LogP contribution in [-0.4, -0.2) is 36.0 Å². The Morgan fingerprint density at radius 2 is 2.44 bits per heavy atom. The van der Waals surface area contributed by atoms with Gasteiger partial charge in [-0.15, -0.1) is 0 Å². The van der Waals surface area contributed by atoms with Gasteiger partial charge in [-0.1, -0.05) is 6.92 Å². The van der Waals surface area contributed by atoms with Crippen molar-refractivity contribution in [3.05, 3.63) is 21.0 Å². The highest BCUT2D eigenvalue weighted by Gasteiger charge is 2.22. The Balaban J connectivity index is 2.28. The van der Waals surface area contributed by atoms with Crippen molar-refractivity contribution in [2.75, 3.05) is 25.0 Å². The smallest absolute Gasteiger partial charge is 0.283 e. The average molecular weight is 315 g/mol. The van der Waals surface area contributed by atoms with Gasteiger partial charge in [0, 0.05) is 26.2 Å². The lowest BCUT2D eigenvalue weighted by molar-refractivity contribution is 0.562. The molecule has 1 unspecified atom stereocenters. The Bertz CT molecular complexity index is 468. The molecule has 1 aromatic rings. The maximum atomic E-state index is 12.1. The van der Waals surface area contributed by atoms with Crippen LogP contribution in [-0.2, 0) is 6.54 Å². The summed E-state index contributed by atoms with van der Waals surface area (Å²) in [5.74, 6) is 0. The summed E-state index contributed by atoms with van der Waals surface area (Å²) >= 11 is 3.41. The van der Waals surface area contributed by atoms with Crippen molar-refractivity contribution in [3.63, 3.8) is 0 Å². The average Bonchev–Trinajstić information content (AvgIpc) is 2.88. The largest absolute Gasteiger partial charge is 0.368 e. The summed E-state index contributed by atoms with van der Waals surface area (Å²) in [6.45, 7) is 4.69. The van der Waals surface area contributed by atoms with Gasteiger partial charge < -0.3 is 10.2 Å². The highest BCUT2D eigenvalue weighted by molar-refractivity contribution is 9.10. The van der Waals surface area contributed by atoms with Gasteiger partial charge in [0.05, 0.1) is 11.9 Å². The zero-order valence-electron chi connectivity index (χ0n) is 10.8. The van der Waals surface area contributed by atoms with E-state index < -0.39 is 0 Å². The Labute approximate surface area is 115 Å². The molecule has 0 aliphatic carbocycles. The highest BCUT2D eigenvalue weighted by atomic mass is 79.9. The molecule has 0 saturated carbocycles. The fourth-order valence-corrected chi connectivity index (χ4v) is 2.83. The number of aromatic nitrogens is 2. The molecule has 1 fully saturated rings. The number of likely N-dealkylation sites (N-methyl/N-ethyl adjacent to an activating group) is 1. The molecule has 0 bridgehead atoms. The molecule has 0 radical (unpaired) electrons. The lowest BCUT2D eigenvalue weighted by Gasteiger charge is -2.26. The Morgan fingerprint density at radius 3 is 3.06 bits per heavy atom. The SMILES string of the molecule is CCCn1ncc(N(C)C2CCNC2)c(Br)c1=O. The van der Waals surface area contributed by atoms with E-state index >= 15 is 0 Å². The van der Waals surface area contributed by atoms with Crippen LogP contribution in [0.2, 0.25) is 0 Å². The van der Waals surface area contributed by atoms with Crippen molar-refractivity contribution in [3.8, 4) is 0 Å². The number of rotatable bonds is 4. The molecule has 0 spiro atoms. The summed E-state index contributed by atoms with van der Waals surface area (Å²) in [6.07, 6.45) is 3.78. The molecule has 1 aliphatic rings. The first-order valence-corrected chi connectivity index (χ1v) is 7.13. The van der Waals surface area contributed by atoms with Gasteiger partial charge in [-0.3, -0.25) is 4.79 Å². The molecule has 6 heteroatoms. The Hall–Kier alpha value is -0.880. The monoisotopic (exact) mass is 314 g/mol. The molecule has 100 valence electrons.